The van der Waals surface area contributed by atoms with E-state index in [1.165, 1.54) is 4.90 Å². The molecule has 1 aliphatic carbocycles. The van der Waals surface area contributed by atoms with Crippen molar-refractivity contribution < 1.29 is 19.2 Å². The Bertz CT molecular complexity index is 584. The maximum atomic E-state index is 12.9. The van der Waals surface area contributed by atoms with Crippen LogP contribution in [-0.4, -0.2) is 65.3 Å². The lowest BCUT2D eigenvalue weighted by Crippen LogP contribution is -2.50. The molecule has 1 saturated carbocycles. The number of nitrogens with one attached hydrogen (secondary N) is 2. The molecule has 1 spiro atoms. The molecular formula is C19H32N4O4. The molecule has 0 radical (unpaired) electrons. The second kappa shape index (κ2) is 9.19. The number of nitrogens with zero attached hydrogens (tertiary/aromatic N) is 2. The highest BCUT2D eigenvalue weighted by Gasteiger charge is 2.52. The van der Waals surface area contributed by atoms with Crippen LogP contribution >= 0.6 is 0 Å². The minimum Gasteiger partial charge on any atom is -0.355 e. The van der Waals surface area contributed by atoms with Gasteiger partial charge in [-0.2, -0.15) is 0 Å². The Morgan fingerprint density at radius 3 is 2.48 bits per heavy atom. The van der Waals surface area contributed by atoms with Crippen molar-refractivity contribution >= 4 is 23.8 Å². The first-order valence-electron chi connectivity index (χ1n) is 10.0. The summed E-state index contributed by atoms with van der Waals surface area (Å²) < 4.78 is 0. The van der Waals surface area contributed by atoms with Crippen molar-refractivity contribution in [3.63, 3.8) is 0 Å². The lowest BCUT2D eigenvalue weighted by atomic mass is 9.77. The number of imide groups is 1. The van der Waals surface area contributed by atoms with E-state index in [2.05, 4.69) is 17.6 Å². The van der Waals surface area contributed by atoms with Crippen LogP contribution in [0.25, 0.3) is 0 Å². The Balaban J connectivity index is 2.00. The third kappa shape index (κ3) is 4.99. The summed E-state index contributed by atoms with van der Waals surface area (Å²) in [5, 5.41) is 5.57. The van der Waals surface area contributed by atoms with E-state index in [1.807, 2.05) is 13.8 Å². The van der Waals surface area contributed by atoms with Gasteiger partial charge in [-0.3, -0.25) is 19.3 Å². The normalized spacial score (nSPS) is 24.9. The molecule has 27 heavy (non-hydrogen) atoms. The molecule has 5 amide bonds. The van der Waals surface area contributed by atoms with Crippen LogP contribution in [0.5, 0.6) is 0 Å². The van der Waals surface area contributed by atoms with Crippen LogP contribution in [0.15, 0.2) is 0 Å². The molecule has 0 unspecified atom stereocenters. The zero-order valence-electron chi connectivity index (χ0n) is 16.7. The maximum absolute atomic E-state index is 12.9. The van der Waals surface area contributed by atoms with E-state index in [4.69, 9.17) is 0 Å². The van der Waals surface area contributed by atoms with Gasteiger partial charge in [0.1, 0.15) is 12.1 Å². The third-order valence-electron chi connectivity index (χ3n) is 5.42. The Hall–Kier alpha value is -2.12. The first-order chi connectivity index (χ1) is 12.8. The van der Waals surface area contributed by atoms with Gasteiger partial charge in [-0.05, 0) is 44.4 Å². The van der Waals surface area contributed by atoms with Gasteiger partial charge >= 0.3 is 6.03 Å². The zero-order valence-corrected chi connectivity index (χ0v) is 16.7. The molecule has 152 valence electrons. The van der Waals surface area contributed by atoms with Gasteiger partial charge in [-0.25, -0.2) is 4.79 Å². The monoisotopic (exact) mass is 380 g/mol. The number of hydrogen-bond acceptors (Lipinski definition) is 4. The molecule has 0 bridgehead atoms. The molecule has 2 aliphatic rings. The fraction of sp³-hybridized carbons (Fsp3) is 0.789. The molecule has 2 rings (SSSR count). The molecule has 1 heterocycles. The Kier molecular flexibility index (Phi) is 7.21. The summed E-state index contributed by atoms with van der Waals surface area (Å²) in [6.45, 7) is 6.60. The second-order valence-corrected chi connectivity index (χ2v) is 7.75. The van der Waals surface area contributed by atoms with E-state index in [0.717, 1.165) is 24.2 Å². The van der Waals surface area contributed by atoms with Crippen LogP contribution in [-0.2, 0) is 14.4 Å². The molecule has 0 atom stereocenters. The smallest absolute Gasteiger partial charge is 0.325 e. The summed E-state index contributed by atoms with van der Waals surface area (Å²) in [6.07, 6.45) is 4.50. The van der Waals surface area contributed by atoms with Crippen molar-refractivity contribution in [1.82, 2.24) is 20.4 Å². The predicted octanol–water partition coefficient (Wildman–Crippen LogP) is 1.25. The van der Waals surface area contributed by atoms with Gasteiger partial charge in [-0.1, -0.05) is 20.8 Å². The molecular weight excluding hydrogens is 348 g/mol. The summed E-state index contributed by atoms with van der Waals surface area (Å²) in [5.74, 6) is -0.376. The van der Waals surface area contributed by atoms with Crippen molar-refractivity contribution in [2.75, 3.05) is 26.2 Å². The van der Waals surface area contributed by atoms with Gasteiger partial charge in [0, 0.05) is 13.1 Å². The number of hydrogen-bond donors (Lipinski definition) is 2. The molecule has 2 fully saturated rings. The summed E-state index contributed by atoms with van der Waals surface area (Å²) in [4.78, 5) is 52.3. The summed E-state index contributed by atoms with van der Waals surface area (Å²) >= 11 is 0. The largest absolute Gasteiger partial charge is 0.355 e. The van der Waals surface area contributed by atoms with Crippen molar-refractivity contribution in [3.8, 4) is 0 Å². The van der Waals surface area contributed by atoms with E-state index < -0.39 is 11.6 Å². The van der Waals surface area contributed by atoms with Crippen LogP contribution < -0.4 is 10.6 Å². The number of rotatable bonds is 8. The molecule has 2 N–H and O–H groups in total. The zero-order chi connectivity index (χ0) is 20.0. The predicted molar refractivity (Wildman–Crippen MR) is 101 cm³/mol. The highest BCUT2D eigenvalue weighted by molar-refractivity contribution is 6.09. The van der Waals surface area contributed by atoms with Crippen LogP contribution in [0.3, 0.4) is 0 Å². The first-order valence-corrected chi connectivity index (χ1v) is 10.0. The Morgan fingerprint density at radius 1 is 1.22 bits per heavy atom. The van der Waals surface area contributed by atoms with Crippen molar-refractivity contribution in [2.24, 2.45) is 5.92 Å². The highest BCUT2D eigenvalue weighted by atomic mass is 16.2. The lowest BCUT2D eigenvalue weighted by Gasteiger charge is -2.33. The average molecular weight is 380 g/mol. The van der Waals surface area contributed by atoms with Crippen LogP contribution in [0.2, 0.25) is 0 Å². The van der Waals surface area contributed by atoms with Crippen LogP contribution in [0.1, 0.15) is 59.3 Å². The number of carbonyl (C=O) groups is 4. The summed E-state index contributed by atoms with van der Waals surface area (Å²) in [6, 6.07) is -0.505. The number of carbonyl (C=O) groups excluding carboxylic acids is 4. The molecule has 8 heteroatoms. The number of amides is 5. The quantitative estimate of drug-likeness (QED) is 0.619. The van der Waals surface area contributed by atoms with Crippen LogP contribution in [0, 0.1) is 5.92 Å². The summed E-state index contributed by atoms with van der Waals surface area (Å²) in [5.41, 5.74) is -0.849. The third-order valence-corrected chi connectivity index (χ3v) is 5.42. The fourth-order valence-corrected chi connectivity index (χ4v) is 3.70. The van der Waals surface area contributed by atoms with E-state index in [1.54, 1.807) is 0 Å². The van der Waals surface area contributed by atoms with E-state index in [-0.39, 0.29) is 30.8 Å². The molecule has 0 aromatic rings. The van der Waals surface area contributed by atoms with E-state index in [0.29, 0.717) is 38.3 Å². The van der Waals surface area contributed by atoms with Gasteiger partial charge in [0.2, 0.25) is 11.8 Å². The van der Waals surface area contributed by atoms with Crippen molar-refractivity contribution in [3.05, 3.63) is 0 Å². The first kappa shape index (κ1) is 21.2. The Morgan fingerprint density at radius 2 is 1.89 bits per heavy atom. The lowest BCUT2D eigenvalue weighted by molar-refractivity contribution is -0.141. The molecule has 8 nitrogen and oxygen atoms in total. The summed E-state index contributed by atoms with van der Waals surface area (Å²) in [7, 11) is 0. The van der Waals surface area contributed by atoms with Gasteiger partial charge in [0.25, 0.3) is 5.91 Å². The minimum atomic E-state index is -0.849. The SMILES string of the molecule is CCCNC(=O)CN(CCC)C(=O)CN1C(=O)NC2(CCC(C)CC2)C1=O. The molecule has 0 aromatic heterocycles. The van der Waals surface area contributed by atoms with Gasteiger partial charge in [0.15, 0.2) is 0 Å². The van der Waals surface area contributed by atoms with Gasteiger partial charge < -0.3 is 15.5 Å². The second-order valence-electron chi connectivity index (χ2n) is 7.75. The molecule has 1 aliphatic heterocycles. The Labute approximate surface area is 161 Å². The fourth-order valence-electron chi connectivity index (χ4n) is 3.70. The minimum absolute atomic E-state index is 0.0566. The van der Waals surface area contributed by atoms with Crippen LogP contribution in [0.4, 0.5) is 4.79 Å². The number of urea groups is 1. The van der Waals surface area contributed by atoms with E-state index in [9.17, 15) is 19.2 Å². The van der Waals surface area contributed by atoms with Gasteiger partial charge in [-0.15, -0.1) is 0 Å². The maximum Gasteiger partial charge on any atom is 0.325 e. The molecule has 1 saturated heterocycles. The molecule has 0 aromatic carbocycles. The topological polar surface area (TPSA) is 98.8 Å². The van der Waals surface area contributed by atoms with Crippen molar-refractivity contribution in [1.29, 1.82) is 0 Å². The van der Waals surface area contributed by atoms with Crippen molar-refractivity contribution in [2.45, 2.75) is 64.8 Å². The highest BCUT2D eigenvalue weighted by Crippen LogP contribution is 2.36. The standard InChI is InChI=1S/C19H32N4O4/c1-4-10-20-15(24)12-22(11-5-2)16(25)13-23-17(26)19(21-18(23)27)8-6-14(3)7-9-19/h14H,4-13H2,1-3H3,(H,20,24)(H,21,27). The average Bonchev–Trinajstić information content (AvgIpc) is 2.86. The van der Waals surface area contributed by atoms with E-state index >= 15 is 0 Å². The van der Waals surface area contributed by atoms with Gasteiger partial charge in [0.05, 0.1) is 6.54 Å².